The molecule has 1 rings (SSSR count). The smallest absolute Gasteiger partial charge is 0.137 e. The Morgan fingerprint density at radius 2 is 1.94 bits per heavy atom. The quantitative estimate of drug-likeness (QED) is 0.775. The summed E-state index contributed by atoms with van der Waals surface area (Å²) >= 11 is 0. The van der Waals surface area contributed by atoms with Gasteiger partial charge in [0, 0.05) is 7.12 Å². The van der Waals surface area contributed by atoms with Gasteiger partial charge < -0.3 is 10.5 Å². The number of pyridine rings is 1. The first-order chi connectivity index (χ1) is 8.28. The van der Waals surface area contributed by atoms with Gasteiger partial charge >= 0.3 is 0 Å². The van der Waals surface area contributed by atoms with Crippen LogP contribution in [0.25, 0.3) is 0 Å². The second-order valence-electron chi connectivity index (χ2n) is 3.89. The van der Waals surface area contributed by atoms with Crippen molar-refractivity contribution in [1.29, 1.82) is 0 Å². The zero-order valence-corrected chi connectivity index (χ0v) is 11.4. The van der Waals surface area contributed by atoms with E-state index in [2.05, 4.69) is 25.8 Å². The molecule has 0 aliphatic heterocycles. The van der Waals surface area contributed by atoms with Crippen LogP contribution in [0.4, 0.5) is 0 Å². The Labute approximate surface area is 107 Å². The van der Waals surface area contributed by atoms with Crippen LogP contribution in [0.1, 0.15) is 47.2 Å². The summed E-state index contributed by atoms with van der Waals surface area (Å²) in [4.78, 5) is 4.25. The second-order valence-corrected chi connectivity index (χ2v) is 3.89. The first-order valence-electron chi connectivity index (χ1n) is 6.56. The fraction of sp³-hybridized carbons (Fsp3) is 0.643. The van der Waals surface area contributed by atoms with Crippen molar-refractivity contribution in [3.05, 3.63) is 24.0 Å². The first-order valence-corrected chi connectivity index (χ1v) is 6.56. The number of hydrogen-bond donors (Lipinski definition) is 1. The molecule has 0 aliphatic carbocycles. The van der Waals surface area contributed by atoms with E-state index in [1.165, 1.54) is 6.42 Å². The molecule has 2 N–H and O–H groups in total. The normalized spacial score (nSPS) is 9.41. The third-order valence-electron chi connectivity index (χ3n) is 2.03. The maximum Gasteiger partial charge on any atom is 0.137 e. The van der Waals surface area contributed by atoms with E-state index in [4.69, 9.17) is 10.5 Å². The molecule has 0 spiro atoms. The molecule has 1 heterocycles. The van der Waals surface area contributed by atoms with E-state index in [9.17, 15) is 0 Å². The number of aryl methyl sites for hydroxylation is 1. The molecule has 1 aromatic heterocycles. The predicted octanol–water partition coefficient (Wildman–Crippen LogP) is 3.42. The Bertz CT molecular complexity index is 265. The summed E-state index contributed by atoms with van der Waals surface area (Å²) in [6.07, 6.45) is 6.02. The molecule has 3 heteroatoms. The summed E-state index contributed by atoms with van der Waals surface area (Å²) in [6, 6.07) is 3.96. The lowest BCUT2D eigenvalue weighted by Gasteiger charge is -2.05. The van der Waals surface area contributed by atoms with Crippen LogP contribution in [0.5, 0.6) is 5.75 Å². The fourth-order valence-corrected chi connectivity index (χ4v) is 1.14. The van der Waals surface area contributed by atoms with Crippen LogP contribution in [-0.4, -0.2) is 18.1 Å². The Balaban J connectivity index is 0. The summed E-state index contributed by atoms with van der Waals surface area (Å²) < 4.78 is 5.49. The van der Waals surface area contributed by atoms with Crippen molar-refractivity contribution in [1.82, 2.24) is 4.98 Å². The molecule has 0 aliphatic rings. The van der Waals surface area contributed by atoms with Crippen molar-refractivity contribution >= 4 is 0 Å². The number of unbranched alkanes of at least 4 members (excludes halogenated alkanes) is 1. The van der Waals surface area contributed by atoms with Gasteiger partial charge in [0.2, 0.25) is 0 Å². The molecule has 0 fully saturated rings. The lowest BCUT2D eigenvalue weighted by Crippen LogP contribution is -2.03. The van der Waals surface area contributed by atoms with Crippen molar-refractivity contribution in [2.75, 3.05) is 13.2 Å². The summed E-state index contributed by atoms with van der Waals surface area (Å²) in [5.41, 5.74) is 6.47. The predicted molar refractivity (Wildman–Crippen MR) is 75.5 cm³/mol. The number of aromatic nitrogens is 1. The van der Waals surface area contributed by atoms with Crippen LogP contribution in [0.2, 0.25) is 0 Å². The van der Waals surface area contributed by atoms with E-state index in [0.29, 0.717) is 0 Å². The topological polar surface area (TPSA) is 48.1 Å². The van der Waals surface area contributed by atoms with Gasteiger partial charge in [-0.3, -0.25) is 4.98 Å². The van der Waals surface area contributed by atoms with Crippen molar-refractivity contribution in [2.45, 2.75) is 46.5 Å². The number of nitrogens with zero attached hydrogens (tertiary/aromatic N) is 1. The molecule has 0 aromatic carbocycles. The minimum atomic E-state index is 0. The molecule has 0 amide bonds. The highest BCUT2D eigenvalue weighted by Gasteiger charge is 1.94. The minimum absolute atomic E-state index is 0. The highest BCUT2D eigenvalue weighted by molar-refractivity contribution is 5.19. The van der Waals surface area contributed by atoms with Crippen LogP contribution in [0, 0.1) is 0 Å². The average molecular weight is 240 g/mol. The molecule has 3 nitrogen and oxygen atoms in total. The van der Waals surface area contributed by atoms with Gasteiger partial charge in [-0.1, -0.05) is 27.2 Å². The number of hydrogen-bond acceptors (Lipinski definition) is 3. The van der Waals surface area contributed by atoms with E-state index in [1.807, 2.05) is 12.1 Å². The van der Waals surface area contributed by atoms with Crippen molar-refractivity contribution in [3.63, 3.8) is 0 Å². The number of rotatable bonds is 6. The minimum Gasteiger partial charge on any atom is -0.492 e. The van der Waals surface area contributed by atoms with Gasteiger partial charge in [-0.15, -0.1) is 0 Å². The van der Waals surface area contributed by atoms with Crippen molar-refractivity contribution in [3.8, 4) is 5.75 Å². The average Bonchev–Trinajstić information content (AvgIpc) is 2.36. The van der Waals surface area contributed by atoms with E-state index < -0.39 is 0 Å². The van der Waals surface area contributed by atoms with Crippen LogP contribution >= 0.6 is 0 Å². The Kier molecular flexibility index (Phi) is 10.7. The molecular formula is C14H28N2O. The third-order valence-corrected chi connectivity index (χ3v) is 2.03. The van der Waals surface area contributed by atoms with E-state index >= 15 is 0 Å². The zero-order chi connectivity index (χ0) is 12.9. The first kappa shape index (κ1) is 15.9. The lowest BCUT2D eigenvalue weighted by atomic mass is 10.3. The van der Waals surface area contributed by atoms with Gasteiger partial charge in [-0.25, -0.2) is 0 Å². The standard InChI is InChI=1S/C11H18N2O.C3H8.H2/c1-2-10-5-6-11(9-13-10)14-8-4-3-7-12;1-3-2;/h5-6,9H,2-4,7-8,12H2,1H3;3H2,1-2H3;1H. The van der Waals surface area contributed by atoms with Crippen LogP contribution in [0.3, 0.4) is 0 Å². The molecule has 0 bridgehead atoms. The zero-order valence-electron chi connectivity index (χ0n) is 11.4. The third kappa shape index (κ3) is 8.69. The second kappa shape index (κ2) is 11.4. The van der Waals surface area contributed by atoms with Crippen molar-refractivity contribution in [2.24, 2.45) is 5.73 Å². The molecular weight excluding hydrogens is 212 g/mol. The summed E-state index contributed by atoms with van der Waals surface area (Å²) in [5, 5.41) is 0. The molecule has 0 saturated carbocycles. The summed E-state index contributed by atoms with van der Waals surface area (Å²) in [6.45, 7) is 7.80. The van der Waals surface area contributed by atoms with E-state index in [1.54, 1.807) is 6.20 Å². The lowest BCUT2D eigenvalue weighted by molar-refractivity contribution is 0.306. The maximum absolute atomic E-state index is 5.49. The number of nitrogens with two attached hydrogens (primary N) is 1. The van der Waals surface area contributed by atoms with Gasteiger partial charge in [0.05, 0.1) is 12.8 Å². The highest BCUT2D eigenvalue weighted by Crippen LogP contribution is 2.09. The van der Waals surface area contributed by atoms with Crippen LogP contribution in [0.15, 0.2) is 18.3 Å². The van der Waals surface area contributed by atoms with Crippen molar-refractivity contribution < 1.29 is 6.16 Å². The molecule has 17 heavy (non-hydrogen) atoms. The highest BCUT2D eigenvalue weighted by atomic mass is 16.5. The van der Waals surface area contributed by atoms with Gasteiger partial charge in [-0.05, 0) is 37.9 Å². The van der Waals surface area contributed by atoms with Crippen LogP contribution < -0.4 is 10.5 Å². The molecule has 0 unspecified atom stereocenters. The molecule has 0 atom stereocenters. The van der Waals surface area contributed by atoms with Gasteiger partial charge in [-0.2, -0.15) is 0 Å². The van der Waals surface area contributed by atoms with Gasteiger partial charge in [0.1, 0.15) is 5.75 Å². The Morgan fingerprint density at radius 3 is 2.41 bits per heavy atom. The fourth-order valence-electron chi connectivity index (χ4n) is 1.14. The van der Waals surface area contributed by atoms with E-state index in [0.717, 1.165) is 43.9 Å². The molecule has 0 saturated heterocycles. The van der Waals surface area contributed by atoms with E-state index in [-0.39, 0.29) is 1.43 Å². The SMILES string of the molecule is CCC.CCc1ccc(OCCCCN)cn1.[HH]. The number of ether oxygens (including phenoxy) is 1. The molecule has 0 radical (unpaired) electrons. The Hall–Kier alpha value is -1.09. The van der Waals surface area contributed by atoms with Gasteiger partial charge in [0.25, 0.3) is 0 Å². The monoisotopic (exact) mass is 240 g/mol. The molecule has 1 aromatic rings. The Morgan fingerprint density at radius 1 is 1.24 bits per heavy atom. The summed E-state index contributed by atoms with van der Waals surface area (Å²) in [7, 11) is 0. The molecule has 100 valence electrons. The largest absolute Gasteiger partial charge is 0.492 e. The maximum atomic E-state index is 5.49. The van der Waals surface area contributed by atoms with Gasteiger partial charge in [0.15, 0.2) is 0 Å². The summed E-state index contributed by atoms with van der Waals surface area (Å²) in [5.74, 6) is 0.847. The van der Waals surface area contributed by atoms with Crippen LogP contribution in [-0.2, 0) is 6.42 Å².